The molecule has 2 aliphatic heterocycles. The van der Waals surface area contributed by atoms with Crippen molar-refractivity contribution in [2.45, 2.75) is 20.1 Å². The monoisotopic (exact) mass is 378 g/mol. The molecule has 144 valence electrons. The Morgan fingerprint density at radius 1 is 0.857 bits per heavy atom. The van der Waals surface area contributed by atoms with Crippen molar-refractivity contribution in [3.8, 4) is 39.4 Å². The van der Waals surface area contributed by atoms with Crippen LogP contribution in [0.4, 0.5) is 4.39 Å². The van der Waals surface area contributed by atoms with E-state index in [1.165, 1.54) is 0 Å². The number of fused-ring (bicyclic) bond motifs is 1. The van der Waals surface area contributed by atoms with Crippen LogP contribution in [0.2, 0.25) is 0 Å². The summed E-state index contributed by atoms with van der Waals surface area (Å²) in [6.45, 7) is -0.561. The van der Waals surface area contributed by atoms with Gasteiger partial charge in [0.2, 0.25) is 0 Å². The molecule has 2 N–H and O–H groups in total. The molecule has 4 nitrogen and oxygen atoms in total. The Hall–Kier alpha value is -3.18. The minimum atomic E-state index is -1.01. The second kappa shape index (κ2) is 8.23. The number of halogens is 1. The van der Waals surface area contributed by atoms with Crippen LogP contribution >= 0.6 is 0 Å². The molecule has 0 spiro atoms. The SMILES string of the molecule is C.Oc1ccc(-c2ccc(-c3cc4ccn(CC(O)CF)cc-4n3)cc2)cc1. The van der Waals surface area contributed by atoms with Gasteiger partial charge in [-0.15, -0.1) is 0 Å². The van der Waals surface area contributed by atoms with E-state index >= 15 is 0 Å². The summed E-state index contributed by atoms with van der Waals surface area (Å²) in [5.41, 5.74) is 5.77. The van der Waals surface area contributed by atoms with Crippen LogP contribution in [0.5, 0.6) is 5.75 Å². The topological polar surface area (TPSA) is 58.3 Å². The van der Waals surface area contributed by atoms with Crippen LogP contribution in [0, 0.1) is 0 Å². The highest BCUT2D eigenvalue weighted by Gasteiger charge is 2.12. The van der Waals surface area contributed by atoms with E-state index in [1.54, 1.807) is 16.7 Å². The third-order valence-corrected chi connectivity index (χ3v) is 4.54. The number of rotatable bonds is 5. The lowest BCUT2D eigenvalue weighted by Crippen LogP contribution is -2.17. The zero-order valence-electron chi connectivity index (χ0n) is 14.6. The van der Waals surface area contributed by atoms with Crippen molar-refractivity contribution in [1.29, 1.82) is 0 Å². The highest BCUT2D eigenvalue weighted by Crippen LogP contribution is 2.30. The Bertz CT molecular complexity index is 1010. The molecular weight excluding hydrogens is 355 g/mol. The lowest BCUT2D eigenvalue weighted by atomic mass is 10.0. The van der Waals surface area contributed by atoms with Crippen LogP contribution in [0.15, 0.2) is 73.1 Å². The average Bonchev–Trinajstić information content (AvgIpc) is 3.12. The number of phenolic OH excluding ortho intramolecular Hbond substituents is 1. The number of phenols is 1. The molecule has 0 radical (unpaired) electrons. The summed E-state index contributed by atoms with van der Waals surface area (Å²) < 4.78 is 14.2. The largest absolute Gasteiger partial charge is 0.508 e. The molecule has 0 saturated heterocycles. The van der Waals surface area contributed by atoms with Gasteiger partial charge >= 0.3 is 0 Å². The minimum Gasteiger partial charge on any atom is -0.508 e. The molecule has 28 heavy (non-hydrogen) atoms. The van der Waals surface area contributed by atoms with Gasteiger partial charge in [-0.1, -0.05) is 43.8 Å². The first-order valence-electron chi connectivity index (χ1n) is 8.73. The van der Waals surface area contributed by atoms with Gasteiger partial charge in [0.1, 0.15) is 18.5 Å². The number of aromatic hydroxyl groups is 1. The zero-order valence-corrected chi connectivity index (χ0v) is 14.6. The first kappa shape index (κ1) is 19.6. The van der Waals surface area contributed by atoms with Gasteiger partial charge in [-0.25, -0.2) is 9.37 Å². The van der Waals surface area contributed by atoms with Gasteiger partial charge in [0.05, 0.1) is 17.9 Å². The van der Waals surface area contributed by atoms with Crippen LogP contribution in [0.25, 0.3) is 33.6 Å². The summed E-state index contributed by atoms with van der Waals surface area (Å²) in [5.74, 6) is 0.249. The highest BCUT2D eigenvalue weighted by atomic mass is 19.1. The van der Waals surface area contributed by atoms with Crippen molar-refractivity contribution in [3.05, 3.63) is 73.1 Å². The lowest BCUT2D eigenvalue weighted by Gasteiger charge is -2.11. The van der Waals surface area contributed by atoms with Crippen molar-refractivity contribution in [1.82, 2.24) is 9.55 Å². The predicted molar refractivity (Wildman–Crippen MR) is 110 cm³/mol. The number of alkyl halides is 1. The third-order valence-electron chi connectivity index (χ3n) is 4.54. The predicted octanol–water partition coefficient (Wildman–Crippen LogP) is 4.99. The zero-order chi connectivity index (χ0) is 18.8. The first-order valence-corrected chi connectivity index (χ1v) is 8.73. The fraction of sp³-hybridized carbons (Fsp3) is 0.174. The molecule has 1 atom stereocenters. The van der Waals surface area contributed by atoms with E-state index in [4.69, 9.17) is 0 Å². The molecule has 1 unspecified atom stereocenters. The summed E-state index contributed by atoms with van der Waals surface area (Å²) in [7, 11) is 0. The van der Waals surface area contributed by atoms with Gasteiger partial charge in [-0.3, -0.25) is 0 Å². The number of hydrogen-bond donors (Lipinski definition) is 2. The molecule has 2 aromatic rings. The molecule has 2 heterocycles. The molecule has 2 aliphatic rings. The van der Waals surface area contributed by atoms with Gasteiger partial charge in [0.25, 0.3) is 0 Å². The minimum absolute atomic E-state index is 0. The number of nitrogens with zero attached hydrogens (tertiary/aromatic N) is 2. The second-order valence-electron chi connectivity index (χ2n) is 6.56. The fourth-order valence-electron chi connectivity index (χ4n) is 3.10. The quantitative estimate of drug-likeness (QED) is 0.514. The number of aliphatic hydroxyl groups is 1. The Balaban J connectivity index is 0.00000225. The van der Waals surface area contributed by atoms with Crippen molar-refractivity contribution >= 4 is 0 Å². The molecule has 0 fully saturated rings. The van der Waals surface area contributed by atoms with E-state index in [-0.39, 0.29) is 19.7 Å². The van der Waals surface area contributed by atoms with Gasteiger partial charge < -0.3 is 14.8 Å². The van der Waals surface area contributed by atoms with Gasteiger partial charge in [-0.2, -0.15) is 0 Å². The maximum absolute atomic E-state index is 12.5. The third kappa shape index (κ3) is 4.05. The summed E-state index contributed by atoms with van der Waals surface area (Å²) in [5, 5.41) is 18.9. The van der Waals surface area contributed by atoms with Crippen LogP contribution in [-0.2, 0) is 6.54 Å². The standard InChI is InChI=1S/C22H19FN2O2.CH4/c23-12-20(27)13-25-10-9-18-11-21(24-22(18)14-25)17-3-1-15(2-4-17)16-5-7-19(26)8-6-16;/h1-11,14,20,26-27H,12-13H2;1H4. The van der Waals surface area contributed by atoms with Crippen molar-refractivity contribution in [2.24, 2.45) is 0 Å². The van der Waals surface area contributed by atoms with Crippen LogP contribution in [0.3, 0.4) is 0 Å². The molecule has 2 aromatic carbocycles. The number of aliphatic hydroxyl groups excluding tert-OH is 1. The highest BCUT2D eigenvalue weighted by molar-refractivity contribution is 5.75. The van der Waals surface area contributed by atoms with Crippen molar-refractivity contribution in [2.75, 3.05) is 6.67 Å². The van der Waals surface area contributed by atoms with E-state index in [0.29, 0.717) is 0 Å². The van der Waals surface area contributed by atoms with E-state index < -0.39 is 12.8 Å². The van der Waals surface area contributed by atoms with Gasteiger partial charge in [0, 0.05) is 23.5 Å². The summed E-state index contributed by atoms with van der Waals surface area (Å²) >= 11 is 0. The Morgan fingerprint density at radius 2 is 1.46 bits per heavy atom. The molecule has 0 aliphatic carbocycles. The van der Waals surface area contributed by atoms with Gasteiger partial charge in [-0.05, 0) is 35.4 Å². The maximum atomic E-state index is 12.5. The van der Waals surface area contributed by atoms with Crippen LogP contribution < -0.4 is 0 Å². The number of benzene rings is 2. The Kier molecular flexibility index (Phi) is 5.76. The molecule has 0 amide bonds. The van der Waals surface area contributed by atoms with E-state index in [1.807, 2.05) is 60.9 Å². The molecule has 5 heteroatoms. The molecular formula is C23H23FN2O2. The lowest BCUT2D eigenvalue weighted by molar-refractivity contribution is 0.122. The maximum Gasteiger partial charge on any atom is 0.117 e. The van der Waals surface area contributed by atoms with Crippen LogP contribution in [0.1, 0.15) is 7.43 Å². The average molecular weight is 378 g/mol. The van der Waals surface area contributed by atoms with Crippen molar-refractivity contribution in [3.63, 3.8) is 0 Å². The van der Waals surface area contributed by atoms with E-state index in [2.05, 4.69) is 4.98 Å². The molecule has 0 bridgehead atoms. The molecule has 0 saturated carbocycles. The number of pyridine rings is 1. The molecule has 4 rings (SSSR count). The first-order chi connectivity index (χ1) is 13.1. The number of hydrogen-bond acceptors (Lipinski definition) is 3. The van der Waals surface area contributed by atoms with E-state index in [9.17, 15) is 14.6 Å². The second-order valence-corrected chi connectivity index (χ2v) is 6.56. The van der Waals surface area contributed by atoms with Gasteiger partial charge in [0.15, 0.2) is 0 Å². The Labute approximate surface area is 163 Å². The summed E-state index contributed by atoms with van der Waals surface area (Å²) in [6.07, 6.45) is 2.64. The van der Waals surface area contributed by atoms with Crippen molar-refractivity contribution < 1.29 is 14.6 Å². The molecule has 0 aromatic heterocycles. The summed E-state index contributed by atoms with van der Waals surface area (Å²) in [4.78, 5) is 4.66. The van der Waals surface area contributed by atoms with E-state index in [0.717, 1.165) is 33.6 Å². The van der Waals surface area contributed by atoms with Crippen LogP contribution in [-0.4, -0.2) is 32.5 Å². The normalized spacial score (nSPS) is 11.9. The smallest absolute Gasteiger partial charge is 0.117 e. The summed E-state index contributed by atoms with van der Waals surface area (Å²) in [6, 6.07) is 19.1. The number of aromatic nitrogens is 2. The fourth-order valence-corrected chi connectivity index (χ4v) is 3.10. The Morgan fingerprint density at radius 3 is 2.11 bits per heavy atom.